The van der Waals surface area contributed by atoms with Crippen molar-refractivity contribution in [3.63, 3.8) is 0 Å². The van der Waals surface area contributed by atoms with E-state index in [0.717, 1.165) is 25.2 Å². The minimum absolute atomic E-state index is 0.398. The van der Waals surface area contributed by atoms with E-state index in [2.05, 4.69) is 17.1 Å². The van der Waals surface area contributed by atoms with Crippen molar-refractivity contribution in [3.8, 4) is 0 Å². The van der Waals surface area contributed by atoms with Gasteiger partial charge < -0.3 is 15.3 Å². The predicted molar refractivity (Wildman–Crippen MR) is 60.2 cm³/mol. The summed E-state index contributed by atoms with van der Waals surface area (Å²) in [6, 6.07) is 0.398. The van der Waals surface area contributed by atoms with E-state index in [-0.39, 0.29) is 0 Å². The van der Waals surface area contributed by atoms with Crippen LogP contribution < -0.4 is 5.32 Å². The van der Waals surface area contributed by atoms with Crippen molar-refractivity contribution < 1.29 is 9.90 Å². The van der Waals surface area contributed by atoms with Crippen molar-refractivity contribution in [2.45, 2.75) is 32.2 Å². The molecule has 88 valence electrons. The first-order valence-electron chi connectivity index (χ1n) is 5.62. The van der Waals surface area contributed by atoms with Crippen molar-refractivity contribution in [2.75, 3.05) is 6.54 Å². The van der Waals surface area contributed by atoms with Gasteiger partial charge in [-0.15, -0.1) is 0 Å². The van der Waals surface area contributed by atoms with E-state index in [9.17, 15) is 4.79 Å². The molecule has 1 atom stereocenters. The van der Waals surface area contributed by atoms with Gasteiger partial charge in [-0.2, -0.15) is 0 Å². The zero-order chi connectivity index (χ0) is 11.5. The molecule has 0 spiro atoms. The average molecular weight is 223 g/mol. The number of amides is 1. The standard InChI is InChI=1S/C11H17N3O2/c1-9-4-2-3-6-13(9)10-8-12-5-7-14(10)11(15)16/h5,7-9,12H,2-4,6H2,1H3,(H,15,16). The van der Waals surface area contributed by atoms with Gasteiger partial charge >= 0.3 is 6.09 Å². The zero-order valence-corrected chi connectivity index (χ0v) is 9.39. The Morgan fingerprint density at radius 3 is 3.06 bits per heavy atom. The number of hydrogen-bond acceptors (Lipinski definition) is 3. The molecule has 16 heavy (non-hydrogen) atoms. The van der Waals surface area contributed by atoms with Crippen LogP contribution in [0.4, 0.5) is 4.79 Å². The highest BCUT2D eigenvalue weighted by molar-refractivity contribution is 5.69. The molecule has 2 rings (SSSR count). The summed E-state index contributed by atoms with van der Waals surface area (Å²) in [5.41, 5.74) is 0. The summed E-state index contributed by atoms with van der Waals surface area (Å²) in [5, 5.41) is 12.1. The van der Waals surface area contributed by atoms with E-state index >= 15 is 0 Å². The van der Waals surface area contributed by atoms with Gasteiger partial charge in [0.05, 0.1) is 0 Å². The van der Waals surface area contributed by atoms with Gasteiger partial charge in [0, 0.05) is 31.2 Å². The van der Waals surface area contributed by atoms with Gasteiger partial charge in [-0.05, 0) is 26.2 Å². The highest BCUT2D eigenvalue weighted by Crippen LogP contribution is 2.24. The van der Waals surface area contributed by atoms with Crippen LogP contribution in [0.15, 0.2) is 24.4 Å². The number of nitrogens with one attached hydrogen (secondary N) is 1. The quantitative estimate of drug-likeness (QED) is 0.710. The third-order valence-electron chi connectivity index (χ3n) is 3.08. The van der Waals surface area contributed by atoms with Crippen molar-refractivity contribution in [1.82, 2.24) is 15.1 Å². The Morgan fingerprint density at radius 1 is 1.56 bits per heavy atom. The Bertz CT molecular complexity index is 338. The highest BCUT2D eigenvalue weighted by Gasteiger charge is 2.27. The molecule has 2 aliphatic heterocycles. The monoisotopic (exact) mass is 223 g/mol. The Kier molecular flexibility index (Phi) is 3.03. The molecule has 1 amide bonds. The van der Waals surface area contributed by atoms with Gasteiger partial charge in [-0.25, -0.2) is 9.69 Å². The van der Waals surface area contributed by atoms with E-state index in [4.69, 9.17) is 5.11 Å². The molecule has 0 aromatic heterocycles. The SMILES string of the molecule is CC1CCCCN1C1=CNC=CN1C(=O)O. The molecule has 0 aromatic rings. The van der Waals surface area contributed by atoms with E-state index in [0.29, 0.717) is 6.04 Å². The molecule has 0 radical (unpaired) electrons. The predicted octanol–water partition coefficient (Wildman–Crippen LogP) is 1.71. The van der Waals surface area contributed by atoms with Crippen molar-refractivity contribution in [3.05, 3.63) is 24.4 Å². The van der Waals surface area contributed by atoms with Crippen LogP contribution in [-0.2, 0) is 0 Å². The van der Waals surface area contributed by atoms with E-state index < -0.39 is 6.09 Å². The fourth-order valence-electron chi connectivity index (χ4n) is 2.21. The number of hydrogen-bond donors (Lipinski definition) is 2. The summed E-state index contributed by atoms with van der Waals surface area (Å²) in [5.74, 6) is 0.724. The molecule has 2 aliphatic rings. The largest absolute Gasteiger partial charge is 0.464 e. The lowest BCUT2D eigenvalue weighted by Gasteiger charge is -2.40. The molecular weight excluding hydrogens is 206 g/mol. The van der Waals surface area contributed by atoms with Crippen LogP contribution in [0, 0.1) is 0 Å². The lowest BCUT2D eigenvalue weighted by Crippen LogP contribution is -2.44. The normalized spacial score (nSPS) is 25.1. The third kappa shape index (κ3) is 1.98. The summed E-state index contributed by atoms with van der Waals surface area (Å²) < 4.78 is 0. The van der Waals surface area contributed by atoms with Crippen LogP contribution in [0.1, 0.15) is 26.2 Å². The lowest BCUT2D eigenvalue weighted by atomic mass is 10.0. The zero-order valence-electron chi connectivity index (χ0n) is 9.39. The summed E-state index contributed by atoms with van der Waals surface area (Å²) in [4.78, 5) is 14.5. The van der Waals surface area contributed by atoms with Gasteiger partial charge in [-0.1, -0.05) is 0 Å². The van der Waals surface area contributed by atoms with Gasteiger partial charge in [-0.3, -0.25) is 0 Å². The van der Waals surface area contributed by atoms with Crippen LogP contribution in [0.5, 0.6) is 0 Å². The second kappa shape index (κ2) is 4.47. The molecule has 0 bridgehead atoms. The number of rotatable bonds is 1. The maximum absolute atomic E-state index is 11.1. The number of likely N-dealkylation sites (tertiary alicyclic amines) is 1. The molecule has 5 nitrogen and oxygen atoms in total. The average Bonchev–Trinajstić information content (AvgIpc) is 2.29. The number of piperidine rings is 1. The van der Waals surface area contributed by atoms with E-state index in [1.54, 1.807) is 18.6 Å². The molecule has 2 heterocycles. The van der Waals surface area contributed by atoms with Gasteiger partial charge in [0.2, 0.25) is 0 Å². The summed E-state index contributed by atoms with van der Waals surface area (Å²) in [7, 11) is 0. The fourth-order valence-corrected chi connectivity index (χ4v) is 2.21. The second-order valence-corrected chi connectivity index (χ2v) is 4.18. The van der Waals surface area contributed by atoms with Gasteiger partial charge in [0.25, 0.3) is 0 Å². The second-order valence-electron chi connectivity index (χ2n) is 4.18. The Hall–Kier alpha value is -1.65. The topological polar surface area (TPSA) is 55.8 Å². The smallest absolute Gasteiger partial charge is 0.417 e. The summed E-state index contributed by atoms with van der Waals surface area (Å²) in [6.07, 6.45) is 7.43. The maximum Gasteiger partial charge on any atom is 0.417 e. The molecule has 1 fully saturated rings. The van der Waals surface area contributed by atoms with Crippen LogP contribution in [-0.4, -0.2) is 33.6 Å². The first kappa shape index (κ1) is 10.9. The lowest BCUT2D eigenvalue weighted by molar-refractivity contribution is 0.131. The summed E-state index contributed by atoms with van der Waals surface area (Å²) >= 11 is 0. The number of carbonyl (C=O) groups is 1. The minimum atomic E-state index is -0.943. The molecule has 5 heteroatoms. The molecule has 1 saturated heterocycles. The Labute approximate surface area is 95.0 Å². The highest BCUT2D eigenvalue weighted by atomic mass is 16.4. The van der Waals surface area contributed by atoms with E-state index in [1.807, 2.05) is 0 Å². The van der Waals surface area contributed by atoms with E-state index in [1.165, 1.54) is 11.3 Å². The molecule has 0 aliphatic carbocycles. The first-order chi connectivity index (χ1) is 7.70. The van der Waals surface area contributed by atoms with Crippen LogP contribution in [0.3, 0.4) is 0 Å². The number of carboxylic acid groups (broad SMARTS) is 1. The van der Waals surface area contributed by atoms with Crippen molar-refractivity contribution >= 4 is 6.09 Å². The minimum Gasteiger partial charge on any atom is -0.464 e. The van der Waals surface area contributed by atoms with Crippen molar-refractivity contribution in [1.29, 1.82) is 0 Å². The molecular formula is C11H17N3O2. The van der Waals surface area contributed by atoms with Gasteiger partial charge in [0.1, 0.15) is 5.82 Å². The van der Waals surface area contributed by atoms with Crippen molar-refractivity contribution in [2.24, 2.45) is 0 Å². The third-order valence-corrected chi connectivity index (χ3v) is 3.08. The number of nitrogens with zero attached hydrogens (tertiary/aromatic N) is 2. The fraction of sp³-hybridized carbons (Fsp3) is 0.545. The maximum atomic E-state index is 11.1. The van der Waals surface area contributed by atoms with Crippen LogP contribution in [0.2, 0.25) is 0 Å². The molecule has 1 unspecified atom stereocenters. The van der Waals surface area contributed by atoms with Gasteiger partial charge in [0.15, 0.2) is 0 Å². The molecule has 0 saturated carbocycles. The Morgan fingerprint density at radius 2 is 2.38 bits per heavy atom. The Balaban J connectivity index is 2.17. The molecule has 2 N–H and O–H groups in total. The van der Waals surface area contributed by atoms with Crippen LogP contribution in [0.25, 0.3) is 0 Å². The first-order valence-corrected chi connectivity index (χ1v) is 5.62. The van der Waals surface area contributed by atoms with Crippen LogP contribution >= 0.6 is 0 Å². The summed E-state index contributed by atoms with van der Waals surface area (Å²) in [6.45, 7) is 3.06. The molecule has 0 aromatic carbocycles.